The second kappa shape index (κ2) is 7.70. The summed E-state index contributed by atoms with van der Waals surface area (Å²) in [6.07, 6.45) is 3.71. The Balaban J connectivity index is 1.58. The SMILES string of the molecule is Cc1cc(-c2ccccc2)cc([C@@H]2CCCN(C(=O)c3ccccn3)C2)n1. The number of carbonyl (C=O) groups is 1. The summed E-state index contributed by atoms with van der Waals surface area (Å²) in [6.45, 7) is 3.51. The van der Waals surface area contributed by atoms with E-state index >= 15 is 0 Å². The lowest BCUT2D eigenvalue weighted by atomic mass is 9.92. The molecule has 0 aliphatic carbocycles. The lowest BCUT2D eigenvalue weighted by Crippen LogP contribution is -2.39. The molecule has 1 saturated heterocycles. The molecule has 4 heteroatoms. The second-order valence-corrected chi connectivity index (χ2v) is 7.09. The van der Waals surface area contributed by atoms with Gasteiger partial charge >= 0.3 is 0 Å². The van der Waals surface area contributed by atoms with Crippen LogP contribution in [0, 0.1) is 6.92 Å². The Morgan fingerprint density at radius 2 is 1.85 bits per heavy atom. The molecule has 0 N–H and O–H groups in total. The van der Waals surface area contributed by atoms with Crippen molar-refractivity contribution in [3.8, 4) is 11.1 Å². The number of pyridine rings is 2. The van der Waals surface area contributed by atoms with E-state index in [1.807, 2.05) is 30.0 Å². The van der Waals surface area contributed by atoms with Gasteiger partial charge in [-0.25, -0.2) is 0 Å². The van der Waals surface area contributed by atoms with Crippen molar-refractivity contribution >= 4 is 5.91 Å². The van der Waals surface area contributed by atoms with E-state index in [1.165, 1.54) is 11.1 Å². The molecule has 0 radical (unpaired) electrons. The van der Waals surface area contributed by atoms with Crippen molar-refractivity contribution in [2.45, 2.75) is 25.7 Å². The Kier molecular flexibility index (Phi) is 4.97. The van der Waals surface area contributed by atoms with Crippen LogP contribution < -0.4 is 0 Å². The van der Waals surface area contributed by atoms with E-state index in [0.717, 1.165) is 30.8 Å². The molecule has 1 aliphatic rings. The van der Waals surface area contributed by atoms with Crippen LogP contribution in [0.1, 0.15) is 40.6 Å². The summed E-state index contributed by atoms with van der Waals surface area (Å²) in [5, 5.41) is 0. The van der Waals surface area contributed by atoms with Crippen molar-refractivity contribution in [3.63, 3.8) is 0 Å². The van der Waals surface area contributed by atoms with Crippen molar-refractivity contribution in [1.29, 1.82) is 0 Å². The molecule has 136 valence electrons. The van der Waals surface area contributed by atoms with E-state index in [4.69, 9.17) is 4.98 Å². The third-order valence-electron chi connectivity index (χ3n) is 5.09. The molecule has 1 amide bonds. The van der Waals surface area contributed by atoms with E-state index < -0.39 is 0 Å². The number of aryl methyl sites for hydroxylation is 1. The van der Waals surface area contributed by atoms with Crippen LogP contribution in [-0.4, -0.2) is 33.9 Å². The molecular weight excluding hydrogens is 334 g/mol. The van der Waals surface area contributed by atoms with Gasteiger partial charge in [0.1, 0.15) is 5.69 Å². The molecule has 27 heavy (non-hydrogen) atoms. The zero-order chi connectivity index (χ0) is 18.6. The Morgan fingerprint density at radius 3 is 2.63 bits per heavy atom. The summed E-state index contributed by atoms with van der Waals surface area (Å²) in [6, 6.07) is 20.2. The number of carbonyl (C=O) groups excluding carboxylic acids is 1. The van der Waals surface area contributed by atoms with Gasteiger partial charge in [-0.15, -0.1) is 0 Å². The molecule has 1 fully saturated rings. The molecule has 1 aromatic carbocycles. The van der Waals surface area contributed by atoms with E-state index in [9.17, 15) is 4.79 Å². The average Bonchev–Trinajstić information content (AvgIpc) is 2.74. The zero-order valence-corrected chi connectivity index (χ0v) is 15.5. The number of amides is 1. The fraction of sp³-hybridized carbons (Fsp3) is 0.261. The molecule has 2 aromatic heterocycles. The van der Waals surface area contributed by atoms with Gasteiger partial charge in [-0.2, -0.15) is 0 Å². The Labute approximate surface area is 159 Å². The molecule has 0 bridgehead atoms. The minimum atomic E-state index is 0.0104. The molecular formula is C23H23N3O. The van der Waals surface area contributed by atoms with Crippen LogP contribution >= 0.6 is 0 Å². The third-order valence-corrected chi connectivity index (χ3v) is 5.09. The zero-order valence-electron chi connectivity index (χ0n) is 15.5. The van der Waals surface area contributed by atoms with Crippen molar-refractivity contribution < 1.29 is 4.79 Å². The number of likely N-dealkylation sites (tertiary alicyclic amines) is 1. The summed E-state index contributed by atoms with van der Waals surface area (Å²) in [5.74, 6) is 0.269. The summed E-state index contributed by atoms with van der Waals surface area (Å²) in [4.78, 5) is 23.7. The first-order chi connectivity index (χ1) is 13.2. The maximum absolute atomic E-state index is 12.8. The predicted octanol–water partition coefficient (Wildman–Crippen LogP) is 4.47. The largest absolute Gasteiger partial charge is 0.337 e. The molecule has 3 aromatic rings. The lowest BCUT2D eigenvalue weighted by Gasteiger charge is -2.32. The lowest BCUT2D eigenvalue weighted by molar-refractivity contribution is 0.0700. The second-order valence-electron chi connectivity index (χ2n) is 7.09. The van der Waals surface area contributed by atoms with Gasteiger partial charge in [0.25, 0.3) is 5.91 Å². The fourth-order valence-electron chi connectivity index (χ4n) is 3.75. The number of piperidine rings is 1. The molecule has 3 heterocycles. The molecule has 4 nitrogen and oxygen atoms in total. The van der Waals surface area contributed by atoms with Crippen LogP contribution in [0.2, 0.25) is 0 Å². The third kappa shape index (κ3) is 3.90. The minimum absolute atomic E-state index is 0.0104. The summed E-state index contributed by atoms with van der Waals surface area (Å²) in [7, 11) is 0. The number of rotatable bonds is 3. The highest BCUT2D eigenvalue weighted by Crippen LogP contribution is 2.30. The van der Waals surface area contributed by atoms with Crippen molar-refractivity contribution in [2.75, 3.05) is 13.1 Å². The van der Waals surface area contributed by atoms with Crippen molar-refractivity contribution in [1.82, 2.24) is 14.9 Å². The van der Waals surface area contributed by atoms with E-state index in [1.54, 1.807) is 12.3 Å². The molecule has 4 rings (SSSR count). The Bertz CT molecular complexity index is 925. The fourth-order valence-corrected chi connectivity index (χ4v) is 3.75. The van der Waals surface area contributed by atoms with Crippen LogP contribution in [0.3, 0.4) is 0 Å². The van der Waals surface area contributed by atoms with Gasteiger partial charge in [0.05, 0.1) is 0 Å². The van der Waals surface area contributed by atoms with Crippen LogP contribution in [0.15, 0.2) is 66.9 Å². The van der Waals surface area contributed by atoms with Gasteiger partial charge in [0, 0.05) is 36.6 Å². The summed E-state index contributed by atoms with van der Waals surface area (Å²) < 4.78 is 0. The van der Waals surface area contributed by atoms with Gasteiger partial charge < -0.3 is 4.90 Å². The molecule has 0 spiro atoms. The van der Waals surface area contributed by atoms with Gasteiger partial charge in [-0.1, -0.05) is 36.4 Å². The van der Waals surface area contributed by atoms with Crippen LogP contribution in [0.25, 0.3) is 11.1 Å². The smallest absolute Gasteiger partial charge is 0.272 e. The monoisotopic (exact) mass is 357 g/mol. The van der Waals surface area contributed by atoms with Gasteiger partial charge in [0.2, 0.25) is 0 Å². The quantitative estimate of drug-likeness (QED) is 0.695. The Morgan fingerprint density at radius 1 is 1.04 bits per heavy atom. The first kappa shape index (κ1) is 17.4. The number of hydrogen-bond acceptors (Lipinski definition) is 3. The highest BCUT2D eigenvalue weighted by Gasteiger charge is 2.27. The molecule has 1 atom stereocenters. The normalized spacial score (nSPS) is 16.9. The first-order valence-corrected chi connectivity index (χ1v) is 9.45. The molecule has 1 aliphatic heterocycles. The topological polar surface area (TPSA) is 46.1 Å². The van der Waals surface area contributed by atoms with E-state index in [-0.39, 0.29) is 11.8 Å². The highest BCUT2D eigenvalue weighted by molar-refractivity contribution is 5.92. The maximum atomic E-state index is 12.8. The van der Waals surface area contributed by atoms with E-state index in [0.29, 0.717) is 12.2 Å². The van der Waals surface area contributed by atoms with Crippen LogP contribution in [-0.2, 0) is 0 Å². The number of nitrogens with zero attached hydrogens (tertiary/aromatic N) is 3. The predicted molar refractivity (Wildman–Crippen MR) is 107 cm³/mol. The summed E-state index contributed by atoms with van der Waals surface area (Å²) >= 11 is 0. The van der Waals surface area contributed by atoms with Gasteiger partial charge in [-0.05, 0) is 55.2 Å². The standard InChI is InChI=1S/C23H23N3O/c1-17-14-20(18-8-3-2-4-9-18)15-22(25-17)19-10-7-13-26(16-19)23(27)21-11-5-6-12-24-21/h2-6,8-9,11-12,14-15,19H,7,10,13,16H2,1H3/t19-/m1/s1. The first-order valence-electron chi connectivity index (χ1n) is 9.45. The van der Waals surface area contributed by atoms with Crippen molar-refractivity contribution in [2.24, 2.45) is 0 Å². The summed E-state index contributed by atoms with van der Waals surface area (Å²) in [5.41, 5.74) is 4.99. The van der Waals surface area contributed by atoms with Gasteiger partial charge in [0.15, 0.2) is 0 Å². The number of aromatic nitrogens is 2. The minimum Gasteiger partial charge on any atom is -0.337 e. The number of benzene rings is 1. The Hall–Kier alpha value is -3.01. The molecule has 0 unspecified atom stereocenters. The highest BCUT2D eigenvalue weighted by atomic mass is 16.2. The van der Waals surface area contributed by atoms with Crippen LogP contribution in [0.5, 0.6) is 0 Å². The maximum Gasteiger partial charge on any atom is 0.272 e. The van der Waals surface area contributed by atoms with Crippen LogP contribution in [0.4, 0.5) is 0 Å². The van der Waals surface area contributed by atoms with Crippen molar-refractivity contribution in [3.05, 3.63) is 83.9 Å². The van der Waals surface area contributed by atoms with E-state index in [2.05, 4.69) is 41.4 Å². The molecule has 0 saturated carbocycles. The van der Waals surface area contributed by atoms with Gasteiger partial charge in [-0.3, -0.25) is 14.8 Å². The number of hydrogen-bond donors (Lipinski definition) is 0. The average molecular weight is 357 g/mol.